The molecule has 22 heteroatoms. The number of aromatic hydroxyl groups is 1. The average molecular weight is 865 g/mol. The van der Waals surface area contributed by atoms with E-state index in [-0.39, 0.29) is 18.1 Å². The predicted molar refractivity (Wildman–Crippen MR) is 216 cm³/mol. The van der Waals surface area contributed by atoms with Gasteiger partial charge in [0, 0.05) is 19.3 Å². The van der Waals surface area contributed by atoms with Gasteiger partial charge in [0.1, 0.15) is 42.0 Å². The van der Waals surface area contributed by atoms with Gasteiger partial charge in [-0.25, -0.2) is 4.79 Å². The van der Waals surface area contributed by atoms with Crippen molar-refractivity contribution in [2.45, 2.75) is 129 Å². The van der Waals surface area contributed by atoms with Crippen molar-refractivity contribution >= 4 is 59.3 Å². The second kappa shape index (κ2) is 26.0. The summed E-state index contributed by atoms with van der Waals surface area (Å²) in [6, 6.07) is -4.03. The molecule has 340 valence electrons. The van der Waals surface area contributed by atoms with Crippen LogP contribution in [0.1, 0.15) is 85.6 Å². The zero-order valence-corrected chi connectivity index (χ0v) is 35.1. The van der Waals surface area contributed by atoms with Crippen molar-refractivity contribution in [3.05, 3.63) is 29.8 Å². The van der Waals surface area contributed by atoms with E-state index in [1.165, 1.54) is 38.1 Å². The Kier molecular flexibility index (Phi) is 22.5. The zero-order chi connectivity index (χ0) is 46.6. The van der Waals surface area contributed by atoms with E-state index in [1.807, 2.05) is 13.8 Å². The van der Waals surface area contributed by atoms with Gasteiger partial charge in [-0.15, -0.1) is 0 Å². The second-order valence-electron chi connectivity index (χ2n) is 15.1. The molecule has 0 aromatic heterocycles. The number of carboxylic acid groups (broad SMARTS) is 3. The Balaban J connectivity index is 3.04. The van der Waals surface area contributed by atoms with E-state index in [4.69, 9.17) is 5.73 Å². The lowest BCUT2D eigenvalue weighted by molar-refractivity contribution is -0.143. The fraction of sp³-hybridized carbons (Fsp3) is 0.590. The number of amides is 7. The molecule has 0 aliphatic heterocycles. The summed E-state index contributed by atoms with van der Waals surface area (Å²) >= 11 is 0. The Hall–Kier alpha value is -6.32. The molecule has 0 bridgehead atoms. The third kappa shape index (κ3) is 20.0. The summed E-state index contributed by atoms with van der Waals surface area (Å²) in [6.07, 6.45) is -1.62. The Morgan fingerprint density at radius 3 is 1.51 bits per heavy atom. The van der Waals surface area contributed by atoms with Gasteiger partial charge in [-0.2, -0.15) is 0 Å². The normalized spacial score (nSPS) is 14.9. The van der Waals surface area contributed by atoms with Gasteiger partial charge in [0.15, 0.2) is 0 Å². The van der Waals surface area contributed by atoms with Crippen LogP contribution in [0.25, 0.3) is 0 Å². The van der Waals surface area contributed by atoms with Crippen LogP contribution in [0.5, 0.6) is 5.75 Å². The lowest BCUT2D eigenvalue weighted by Gasteiger charge is -2.27. The van der Waals surface area contributed by atoms with Gasteiger partial charge < -0.3 is 63.4 Å². The van der Waals surface area contributed by atoms with Crippen molar-refractivity contribution in [1.82, 2.24) is 37.2 Å². The first-order valence-corrected chi connectivity index (χ1v) is 19.7. The largest absolute Gasteiger partial charge is 0.508 e. The predicted octanol–water partition coefficient (Wildman–Crippen LogP) is -1.77. The first-order valence-electron chi connectivity index (χ1n) is 19.7. The summed E-state index contributed by atoms with van der Waals surface area (Å²) in [7, 11) is 0. The highest BCUT2D eigenvalue weighted by atomic mass is 16.4. The Labute approximate surface area is 352 Å². The molecule has 8 atom stereocenters. The van der Waals surface area contributed by atoms with Gasteiger partial charge in [-0.3, -0.25) is 43.2 Å². The third-order valence-electron chi connectivity index (χ3n) is 9.35. The highest BCUT2D eigenvalue weighted by Gasteiger charge is 2.33. The fourth-order valence-corrected chi connectivity index (χ4v) is 5.59. The second-order valence-corrected chi connectivity index (χ2v) is 15.1. The van der Waals surface area contributed by atoms with Crippen LogP contribution in [-0.2, 0) is 54.4 Å². The molecule has 0 aliphatic rings. The first-order chi connectivity index (χ1) is 28.4. The molecule has 1 aromatic rings. The first kappa shape index (κ1) is 52.7. The molecule has 0 radical (unpaired) electrons. The van der Waals surface area contributed by atoms with E-state index in [0.29, 0.717) is 18.4 Å². The van der Waals surface area contributed by atoms with Gasteiger partial charge in [0.25, 0.3) is 0 Å². The fourth-order valence-electron chi connectivity index (χ4n) is 5.59. The van der Waals surface area contributed by atoms with E-state index in [2.05, 4.69) is 37.2 Å². The van der Waals surface area contributed by atoms with Crippen LogP contribution in [0.4, 0.5) is 0 Å². The maximum absolute atomic E-state index is 13.4. The van der Waals surface area contributed by atoms with Crippen LogP contribution in [0.3, 0.4) is 0 Å². The Morgan fingerprint density at radius 1 is 0.607 bits per heavy atom. The van der Waals surface area contributed by atoms with Crippen molar-refractivity contribution < 1.29 is 68.4 Å². The molecule has 0 aliphatic carbocycles. The number of carboxylic acids is 3. The lowest BCUT2D eigenvalue weighted by atomic mass is 9.98. The minimum atomic E-state index is -1.59. The van der Waals surface area contributed by atoms with Gasteiger partial charge in [-0.05, 0) is 62.6 Å². The molecule has 1 rings (SSSR count). The molecular weight excluding hydrogens is 804 g/mol. The van der Waals surface area contributed by atoms with Crippen LogP contribution in [-0.4, -0.2) is 129 Å². The molecule has 22 nitrogen and oxygen atoms in total. The number of hydrogen-bond donors (Lipinski definition) is 12. The van der Waals surface area contributed by atoms with Crippen LogP contribution in [0.15, 0.2) is 24.3 Å². The number of benzene rings is 1. The summed E-state index contributed by atoms with van der Waals surface area (Å²) in [5.41, 5.74) is 6.28. The Morgan fingerprint density at radius 2 is 1.07 bits per heavy atom. The lowest BCUT2D eigenvalue weighted by Crippen LogP contribution is -2.59. The number of carbonyl (C=O) groups is 10. The molecule has 0 unspecified atom stereocenters. The van der Waals surface area contributed by atoms with E-state index in [1.54, 1.807) is 13.8 Å². The number of rotatable bonds is 27. The van der Waals surface area contributed by atoms with E-state index in [0.717, 1.165) is 0 Å². The van der Waals surface area contributed by atoms with Crippen molar-refractivity contribution in [2.24, 2.45) is 17.6 Å². The van der Waals surface area contributed by atoms with Crippen molar-refractivity contribution in [3.8, 4) is 5.75 Å². The molecular formula is C39H60N8O14. The molecule has 0 spiro atoms. The van der Waals surface area contributed by atoms with Gasteiger partial charge in [0.2, 0.25) is 41.4 Å². The number of phenolic OH excluding ortho intramolecular Hbond substituents is 1. The molecule has 61 heavy (non-hydrogen) atoms. The number of carbonyl (C=O) groups excluding carboxylic acids is 7. The highest BCUT2D eigenvalue weighted by molar-refractivity contribution is 5.97. The summed E-state index contributed by atoms with van der Waals surface area (Å²) in [4.78, 5) is 126. The molecule has 0 heterocycles. The van der Waals surface area contributed by atoms with Crippen LogP contribution in [0, 0.1) is 11.8 Å². The summed E-state index contributed by atoms with van der Waals surface area (Å²) in [5, 5.41) is 54.3. The topological polar surface area (TPSA) is 362 Å². The van der Waals surface area contributed by atoms with Gasteiger partial charge in [0.05, 0.1) is 12.6 Å². The number of nitrogens with two attached hydrogens (primary N) is 1. The van der Waals surface area contributed by atoms with Gasteiger partial charge in [-0.1, -0.05) is 46.2 Å². The average Bonchev–Trinajstić information content (AvgIpc) is 3.18. The standard InChI is InChI=1S/C39H60N8O14/c1-7-20(4)32(47-29(49)18-41-35(56)25(40)16-19(2)3)38(59)43-22(6)34(55)44-26(12-14-30(50)51)36(57)42-21(5)33(54)45-27(13-15-31(52)53)37(58)46-28(39(60)61)17-23-8-10-24(48)11-9-23/h8-11,19-22,25-28,32,48H,7,12-18,40H2,1-6H3,(H,41,56)(H,42,57)(H,43,59)(H,44,55)(H,45,54)(H,46,58)(H,47,49)(H,50,51)(H,52,53)(H,60,61)/t20-,21-,22-,25-,26-,27-,28-,32-/m0/s1. The van der Waals surface area contributed by atoms with Crippen molar-refractivity contribution in [2.75, 3.05) is 6.54 Å². The number of hydrogen-bond acceptors (Lipinski definition) is 12. The van der Waals surface area contributed by atoms with Gasteiger partial charge >= 0.3 is 17.9 Å². The van der Waals surface area contributed by atoms with Crippen molar-refractivity contribution in [3.63, 3.8) is 0 Å². The number of nitrogens with one attached hydrogen (secondary N) is 7. The monoisotopic (exact) mass is 864 g/mol. The van der Waals surface area contributed by atoms with Crippen molar-refractivity contribution in [1.29, 1.82) is 0 Å². The van der Waals surface area contributed by atoms with Crippen LogP contribution in [0.2, 0.25) is 0 Å². The highest BCUT2D eigenvalue weighted by Crippen LogP contribution is 2.13. The molecule has 1 aromatic carbocycles. The minimum Gasteiger partial charge on any atom is -0.508 e. The number of aliphatic carboxylic acids is 3. The maximum Gasteiger partial charge on any atom is 0.326 e. The third-order valence-corrected chi connectivity index (χ3v) is 9.35. The molecule has 0 saturated heterocycles. The molecule has 0 saturated carbocycles. The van der Waals surface area contributed by atoms with Crippen LogP contribution >= 0.6 is 0 Å². The number of phenols is 1. The van der Waals surface area contributed by atoms with E-state index >= 15 is 0 Å². The van der Waals surface area contributed by atoms with E-state index in [9.17, 15) is 68.4 Å². The molecule has 7 amide bonds. The molecule has 13 N–H and O–H groups in total. The SMILES string of the molecule is CC[C@H](C)[C@H](NC(=O)CNC(=O)[C@@H](N)CC(C)C)C(=O)N[C@@H](C)C(=O)N[C@@H](CCC(=O)O)C(=O)N[C@@H](C)C(=O)N[C@@H](CCC(=O)O)C(=O)N[C@@H](Cc1ccc(O)cc1)C(=O)O. The van der Waals surface area contributed by atoms with E-state index < -0.39 is 140 Å². The summed E-state index contributed by atoms with van der Waals surface area (Å²) < 4.78 is 0. The zero-order valence-electron chi connectivity index (χ0n) is 35.1. The smallest absolute Gasteiger partial charge is 0.326 e. The quantitative estimate of drug-likeness (QED) is 0.0466. The summed E-state index contributed by atoms with van der Waals surface area (Å²) in [6.45, 7) is 9.16. The summed E-state index contributed by atoms with van der Waals surface area (Å²) in [5.74, 6) is -10.6. The Bertz CT molecular complexity index is 1720. The van der Waals surface area contributed by atoms with Crippen LogP contribution < -0.4 is 43.0 Å². The molecule has 0 fully saturated rings. The maximum atomic E-state index is 13.4. The minimum absolute atomic E-state index is 0.0786.